The molecule has 0 aliphatic heterocycles. The van der Waals surface area contributed by atoms with Gasteiger partial charge >= 0.3 is 5.97 Å². The van der Waals surface area contributed by atoms with Crippen LogP contribution in [0.1, 0.15) is 6.92 Å². The van der Waals surface area contributed by atoms with Crippen molar-refractivity contribution >= 4 is 5.97 Å². The Labute approximate surface area is 58.2 Å². The molecule has 0 aromatic rings. The molecule has 10 heavy (non-hydrogen) atoms. The number of hydrogen-bond donors (Lipinski definition) is 0. The smallest absolute Gasteiger partial charge is 0.309 e. The van der Waals surface area contributed by atoms with Gasteiger partial charge in [0.05, 0.1) is 6.42 Å². The molecule has 0 bridgehead atoms. The van der Waals surface area contributed by atoms with E-state index in [-0.39, 0.29) is 0 Å². The summed E-state index contributed by atoms with van der Waals surface area (Å²) in [5.74, 6) is -0.694. The average molecular weight is 151 g/mol. The van der Waals surface area contributed by atoms with Crippen LogP contribution in [0.2, 0.25) is 0 Å². The normalized spacial score (nSPS) is 10.0. The second-order valence-corrected chi connectivity index (χ2v) is 1.66. The van der Waals surface area contributed by atoms with Gasteiger partial charge < -0.3 is 4.74 Å². The number of alkyl halides is 2. The van der Waals surface area contributed by atoms with Crippen LogP contribution >= 0.6 is 0 Å². The molecule has 0 saturated heterocycles. The maximum absolute atomic E-state index is 11.6. The lowest BCUT2D eigenvalue weighted by molar-refractivity contribution is -0.146. The Morgan fingerprint density at radius 2 is 2.10 bits per heavy atom. The number of carbonyl (C=O) groups excluding carboxylic acids is 1. The van der Waals surface area contributed by atoms with Gasteiger partial charge in [0.2, 0.25) is 0 Å². The van der Waals surface area contributed by atoms with E-state index < -0.39 is 25.4 Å². The van der Waals surface area contributed by atoms with Crippen LogP contribution in [0.5, 0.6) is 0 Å². The number of halogens is 2. The first kappa shape index (κ1) is 9.33. The standard InChI is InChI=1S/C6H9F2O2/c1-2-6(9)10-5(3-7)4-8/h2,5H,3-4H2,1H3. The third kappa shape index (κ3) is 3.37. The van der Waals surface area contributed by atoms with E-state index in [9.17, 15) is 13.6 Å². The van der Waals surface area contributed by atoms with E-state index in [1.807, 2.05) is 0 Å². The van der Waals surface area contributed by atoms with Crippen LogP contribution in [0, 0.1) is 6.42 Å². The quantitative estimate of drug-likeness (QED) is 0.561. The zero-order valence-electron chi connectivity index (χ0n) is 5.64. The third-order valence-corrected chi connectivity index (χ3v) is 0.863. The van der Waals surface area contributed by atoms with E-state index in [0.717, 1.165) is 6.42 Å². The molecule has 0 N–H and O–H groups in total. The molecule has 0 heterocycles. The zero-order chi connectivity index (χ0) is 7.98. The molecule has 0 fully saturated rings. The number of rotatable bonds is 4. The van der Waals surface area contributed by atoms with Crippen molar-refractivity contribution in [3.05, 3.63) is 6.42 Å². The summed E-state index contributed by atoms with van der Waals surface area (Å²) in [6.45, 7) is -0.512. The molecule has 59 valence electrons. The molecule has 0 aromatic carbocycles. The molecule has 0 spiro atoms. The van der Waals surface area contributed by atoms with Crippen LogP contribution in [-0.2, 0) is 9.53 Å². The number of esters is 1. The second-order valence-electron chi connectivity index (χ2n) is 1.66. The fourth-order valence-electron chi connectivity index (χ4n) is 0.337. The molecule has 0 amide bonds. The molecule has 0 aliphatic carbocycles. The van der Waals surface area contributed by atoms with Crippen LogP contribution in [-0.4, -0.2) is 25.4 Å². The predicted molar refractivity (Wildman–Crippen MR) is 31.8 cm³/mol. The Morgan fingerprint density at radius 3 is 2.40 bits per heavy atom. The van der Waals surface area contributed by atoms with Crippen molar-refractivity contribution in [3.8, 4) is 0 Å². The van der Waals surface area contributed by atoms with E-state index in [1.165, 1.54) is 6.92 Å². The van der Waals surface area contributed by atoms with Crippen molar-refractivity contribution < 1.29 is 18.3 Å². The largest absolute Gasteiger partial charge is 0.457 e. The highest BCUT2D eigenvalue weighted by Gasteiger charge is 2.11. The molecule has 0 saturated carbocycles. The first-order valence-corrected chi connectivity index (χ1v) is 2.86. The summed E-state index contributed by atoms with van der Waals surface area (Å²) < 4.78 is 27.5. The lowest BCUT2D eigenvalue weighted by Gasteiger charge is -2.08. The average Bonchev–Trinajstić information content (AvgIpc) is 1.99. The number of hydrogen-bond acceptors (Lipinski definition) is 2. The van der Waals surface area contributed by atoms with Crippen molar-refractivity contribution in [2.24, 2.45) is 0 Å². The summed E-state index contributed by atoms with van der Waals surface area (Å²) in [6, 6.07) is 0. The minimum absolute atomic E-state index is 0.694. The molecule has 0 aliphatic rings. The maximum Gasteiger partial charge on any atom is 0.309 e. The first-order chi connectivity index (χ1) is 4.74. The van der Waals surface area contributed by atoms with Gasteiger partial charge in [-0.15, -0.1) is 0 Å². The minimum Gasteiger partial charge on any atom is -0.457 e. The number of carbonyl (C=O) groups is 1. The van der Waals surface area contributed by atoms with Crippen LogP contribution in [0.25, 0.3) is 0 Å². The summed E-state index contributed by atoms with van der Waals surface area (Å²) >= 11 is 0. The SMILES string of the molecule is C[CH]C(=O)OC(CF)CF. The summed E-state index contributed by atoms with van der Waals surface area (Å²) in [7, 11) is 0. The Bertz CT molecular complexity index is 102. The van der Waals surface area contributed by atoms with Crippen molar-refractivity contribution in [1.82, 2.24) is 0 Å². The van der Waals surface area contributed by atoms with Crippen LogP contribution in [0.3, 0.4) is 0 Å². The van der Waals surface area contributed by atoms with E-state index in [2.05, 4.69) is 4.74 Å². The van der Waals surface area contributed by atoms with E-state index in [4.69, 9.17) is 0 Å². The second kappa shape index (κ2) is 5.14. The summed E-state index contributed by atoms with van der Waals surface area (Å²) in [6.07, 6.45) is -0.123. The molecule has 1 radical (unpaired) electrons. The third-order valence-electron chi connectivity index (χ3n) is 0.863. The molecule has 4 heteroatoms. The van der Waals surface area contributed by atoms with Gasteiger partial charge in [-0.2, -0.15) is 0 Å². The molecular weight excluding hydrogens is 142 g/mol. The van der Waals surface area contributed by atoms with Crippen molar-refractivity contribution in [2.45, 2.75) is 13.0 Å². The van der Waals surface area contributed by atoms with Gasteiger partial charge in [0, 0.05) is 0 Å². The van der Waals surface area contributed by atoms with Gasteiger partial charge in [-0.1, -0.05) is 6.92 Å². The predicted octanol–water partition coefficient (Wildman–Crippen LogP) is 1.06. The Morgan fingerprint density at radius 1 is 1.60 bits per heavy atom. The fraction of sp³-hybridized carbons (Fsp3) is 0.667. The summed E-state index contributed by atoms with van der Waals surface area (Å²) in [5, 5.41) is 0. The van der Waals surface area contributed by atoms with E-state index in [1.54, 1.807) is 0 Å². The maximum atomic E-state index is 11.6. The fourth-order valence-corrected chi connectivity index (χ4v) is 0.337. The highest BCUT2D eigenvalue weighted by atomic mass is 19.1. The lowest BCUT2D eigenvalue weighted by Crippen LogP contribution is -2.21. The van der Waals surface area contributed by atoms with Gasteiger partial charge in [-0.3, -0.25) is 4.79 Å². The van der Waals surface area contributed by atoms with Gasteiger partial charge in [0.1, 0.15) is 13.3 Å². The molecule has 0 atom stereocenters. The zero-order valence-corrected chi connectivity index (χ0v) is 5.64. The monoisotopic (exact) mass is 151 g/mol. The van der Waals surface area contributed by atoms with Gasteiger partial charge in [-0.25, -0.2) is 8.78 Å². The van der Waals surface area contributed by atoms with E-state index >= 15 is 0 Å². The molecule has 0 aromatic heterocycles. The van der Waals surface area contributed by atoms with E-state index in [0.29, 0.717) is 0 Å². The highest BCUT2D eigenvalue weighted by Crippen LogP contribution is 1.96. The molecule has 0 unspecified atom stereocenters. The highest BCUT2D eigenvalue weighted by molar-refractivity contribution is 5.78. The van der Waals surface area contributed by atoms with Crippen molar-refractivity contribution in [3.63, 3.8) is 0 Å². The summed E-state index contributed by atoms with van der Waals surface area (Å²) in [4.78, 5) is 10.3. The Kier molecular flexibility index (Phi) is 4.80. The van der Waals surface area contributed by atoms with Crippen LogP contribution in [0.15, 0.2) is 0 Å². The minimum atomic E-state index is -1.23. The Hall–Kier alpha value is -0.670. The lowest BCUT2D eigenvalue weighted by atomic mass is 10.4. The van der Waals surface area contributed by atoms with Crippen molar-refractivity contribution in [2.75, 3.05) is 13.3 Å². The molecule has 0 rings (SSSR count). The van der Waals surface area contributed by atoms with Crippen LogP contribution < -0.4 is 0 Å². The van der Waals surface area contributed by atoms with Gasteiger partial charge in [0.25, 0.3) is 0 Å². The summed E-state index contributed by atoms with van der Waals surface area (Å²) in [5.41, 5.74) is 0. The first-order valence-electron chi connectivity index (χ1n) is 2.86. The van der Waals surface area contributed by atoms with Crippen molar-refractivity contribution in [1.29, 1.82) is 0 Å². The van der Waals surface area contributed by atoms with Gasteiger partial charge in [0.15, 0.2) is 6.10 Å². The molecular formula is C6H9F2O2. The van der Waals surface area contributed by atoms with Gasteiger partial charge in [-0.05, 0) is 0 Å². The molecule has 2 nitrogen and oxygen atoms in total. The number of ether oxygens (including phenoxy) is 1. The topological polar surface area (TPSA) is 26.3 Å². The Balaban J connectivity index is 3.52. The van der Waals surface area contributed by atoms with Crippen LogP contribution in [0.4, 0.5) is 8.78 Å².